The lowest BCUT2D eigenvalue weighted by Crippen LogP contribution is -2.05. The maximum absolute atomic E-state index is 4.42. The molecule has 0 aliphatic carbocycles. The Bertz CT molecular complexity index is 1010. The van der Waals surface area contributed by atoms with Crippen LogP contribution in [0.4, 0.5) is 11.9 Å². The highest BCUT2D eigenvalue weighted by molar-refractivity contribution is 9.10. The van der Waals surface area contributed by atoms with Gasteiger partial charge in [0, 0.05) is 22.0 Å². The smallest absolute Gasteiger partial charge is 0.200 e. The fourth-order valence-corrected chi connectivity index (χ4v) is 3.92. The number of H-pyrrole nitrogens is 2. The zero-order valence-corrected chi connectivity index (χ0v) is 20.8. The molecule has 0 unspecified atom stereocenters. The van der Waals surface area contributed by atoms with E-state index in [1.54, 1.807) is 0 Å². The van der Waals surface area contributed by atoms with Crippen molar-refractivity contribution in [2.75, 3.05) is 23.7 Å². The van der Waals surface area contributed by atoms with Gasteiger partial charge in [-0.05, 0) is 48.2 Å². The van der Waals surface area contributed by atoms with Crippen molar-refractivity contribution in [2.45, 2.75) is 25.7 Å². The summed E-state index contributed by atoms with van der Waals surface area (Å²) in [7, 11) is 0. The van der Waals surface area contributed by atoms with Crippen LogP contribution in [0, 0.1) is 0 Å². The van der Waals surface area contributed by atoms with Crippen molar-refractivity contribution in [3.05, 3.63) is 69.9 Å². The molecule has 4 N–H and O–H groups in total. The summed E-state index contributed by atoms with van der Waals surface area (Å²) in [5, 5.41) is 6.75. The molecule has 8 heteroatoms. The minimum absolute atomic E-state index is 0.823. The second kappa shape index (κ2) is 11.3. The summed E-state index contributed by atoms with van der Waals surface area (Å²) in [4.78, 5) is 15.5. The first-order valence-corrected chi connectivity index (χ1v) is 12.4. The van der Waals surface area contributed by atoms with Gasteiger partial charge in [-0.3, -0.25) is 0 Å². The molecule has 0 atom stereocenters. The maximum atomic E-state index is 4.42. The van der Waals surface area contributed by atoms with E-state index in [4.69, 9.17) is 0 Å². The van der Waals surface area contributed by atoms with E-state index in [0.717, 1.165) is 69.3 Å². The van der Waals surface area contributed by atoms with Gasteiger partial charge in [-0.15, -0.1) is 0 Å². The second-order valence-electron chi connectivity index (χ2n) is 7.57. The van der Waals surface area contributed by atoms with E-state index in [2.05, 4.69) is 86.7 Å². The van der Waals surface area contributed by atoms with Gasteiger partial charge in [-0.2, -0.15) is 0 Å². The average molecular weight is 558 g/mol. The van der Waals surface area contributed by atoms with Crippen LogP contribution in [0.2, 0.25) is 0 Å². The molecule has 2 aromatic heterocycles. The first-order chi connectivity index (χ1) is 15.7. The minimum atomic E-state index is 0.823. The van der Waals surface area contributed by atoms with Crippen LogP contribution in [0.5, 0.6) is 0 Å². The van der Waals surface area contributed by atoms with Gasteiger partial charge in [0.05, 0.1) is 23.8 Å². The Labute approximate surface area is 204 Å². The molecule has 6 nitrogen and oxygen atoms in total. The zero-order valence-electron chi connectivity index (χ0n) is 17.7. The summed E-state index contributed by atoms with van der Waals surface area (Å²) in [6.07, 6.45) is 8.32. The molecule has 166 valence electrons. The van der Waals surface area contributed by atoms with Crippen LogP contribution in [0.1, 0.15) is 25.7 Å². The van der Waals surface area contributed by atoms with E-state index >= 15 is 0 Å². The van der Waals surface area contributed by atoms with Crippen molar-refractivity contribution in [1.82, 2.24) is 19.9 Å². The summed E-state index contributed by atoms with van der Waals surface area (Å²) >= 11 is 6.93. The lowest BCUT2D eigenvalue weighted by atomic mass is 10.2. The fraction of sp³-hybridized carbons (Fsp3) is 0.250. The van der Waals surface area contributed by atoms with Crippen molar-refractivity contribution in [3.63, 3.8) is 0 Å². The van der Waals surface area contributed by atoms with Crippen molar-refractivity contribution in [1.29, 1.82) is 0 Å². The van der Waals surface area contributed by atoms with Crippen molar-refractivity contribution in [2.24, 2.45) is 0 Å². The predicted octanol–water partition coefficient (Wildman–Crippen LogP) is 7.08. The largest absolute Gasteiger partial charge is 0.356 e. The summed E-state index contributed by atoms with van der Waals surface area (Å²) in [5.74, 6) is 1.65. The molecule has 0 spiro atoms. The van der Waals surface area contributed by atoms with Gasteiger partial charge in [0.2, 0.25) is 11.9 Å². The van der Waals surface area contributed by atoms with Gasteiger partial charge in [0.1, 0.15) is 0 Å². The van der Waals surface area contributed by atoms with Crippen LogP contribution >= 0.6 is 31.9 Å². The second-order valence-corrected chi connectivity index (χ2v) is 9.40. The van der Waals surface area contributed by atoms with Crippen LogP contribution in [0.3, 0.4) is 0 Å². The number of unbranched alkanes of at least 4 members (excludes halogenated alkanes) is 3. The first-order valence-electron chi connectivity index (χ1n) is 10.8. The maximum Gasteiger partial charge on any atom is 0.200 e. The molecule has 0 aliphatic rings. The number of anilines is 2. The third-order valence-corrected chi connectivity index (χ3v) is 6.21. The zero-order chi connectivity index (χ0) is 22.2. The van der Waals surface area contributed by atoms with Crippen LogP contribution in [0.15, 0.2) is 69.9 Å². The van der Waals surface area contributed by atoms with Crippen LogP contribution in [-0.2, 0) is 0 Å². The van der Waals surface area contributed by atoms with Gasteiger partial charge >= 0.3 is 0 Å². The molecular formula is C24H26Br2N6. The van der Waals surface area contributed by atoms with Crippen LogP contribution < -0.4 is 10.6 Å². The Kier molecular flexibility index (Phi) is 8.01. The lowest BCUT2D eigenvalue weighted by Gasteiger charge is -2.05. The number of hydrogen-bond acceptors (Lipinski definition) is 4. The summed E-state index contributed by atoms with van der Waals surface area (Å²) in [6, 6.07) is 16.4. The monoisotopic (exact) mass is 556 g/mol. The summed E-state index contributed by atoms with van der Waals surface area (Å²) < 4.78 is 2.15. The van der Waals surface area contributed by atoms with Gasteiger partial charge in [-0.1, -0.05) is 69.0 Å². The fourth-order valence-electron chi connectivity index (χ4n) is 3.39. The molecule has 32 heavy (non-hydrogen) atoms. The number of nitrogens with one attached hydrogen (secondary N) is 4. The van der Waals surface area contributed by atoms with Gasteiger partial charge in [-0.25, -0.2) is 9.97 Å². The number of aromatic nitrogens is 4. The highest BCUT2D eigenvalue weighted by Gasteiger charge is 2.04. The Balaban J connectivity index is 1.09. The third kappa shape index (κ3) is 6.46. The highest BCUT2D eigenvalue weighted by atomic mass is 79.9. The lowest BCUT2D eigenvalue weighted by molar-refractivity contribution is 0.668. The molecule has 0 saturated carbocycles. The number of halogens is 2. The predicted molar refractivity (Wildman–Crippen MR) is 139 cm³/mol. The molecule has 0 saturated heterocycles. The standard InChI is InChI=1S/C24H26Br2N6/c25-19-9-5-17(6-10-19)21-15-29-23(31-21)27-13-3-1-2-4-14-28-24-30-16-22(32-24)18-7-11-20(26)12-8-18/h5-12,15-16H,1-4,13-14H2,(H2,27,29,31)(H2,28,30,32). The van der Waals surface area contributed by atoms with E-state index in [1.807, 2.05) is 36.7 Å². The number of benzene rings is 2. The SMILES string of the molecule is Brc1ccc(-c2cnc(NCCCCCCNc3ncc(-c4ccc(Br)cc4)[nH]3)[nH]2)cc1. The Hall–Kier alpha value is -2.58. The quantitative estimate of drug-likeness (QED) is 0.149. The molecule has 4 aromatic rings. The van der Waals surface area contributed by atoms with Crippen molar-refractivity contribution >= 4 is 43.8 Å². The summed E-state index contributed by atoms with van der Waals surface area (Å²) in [6.45, 7) is 1.82. The molecule has 4 rings (SSSR count). The third-order valence-electron chi connectivity index (χ3n) is 5.15. The van der Waals surface area contributed by atoms with E-state index in [-0.39, 0.29) is 0 Å². The van der Waals surface area contributed by atoms with Crippen LogP contribution in [0.25, 0.3) is 22.5 Å². The van der Waals surface area contributed by atoms with Crippen LogP contribution in [-0.4, -0.2) is 33.0 Å². The Morgan fingerprint density at radius 3 is 1.41 bits per heavy atom. The van der Waals surface area contributed by atoms with E-state index < -0.39 is 0 Å². The average Bonchev–Trinajstić information content (AvgIpc) is 3.47. The van der Waals surface area contributed by atoms with E-state index in [9.17, 15) is 0 Å². The number of hydrogen-bond donors (Lipinski definition) is 4. The molecule has 2 aromatic carbocycles. The molecule has 2 heterocycles. The van der Waals surface area contributed by atoms with Crippen molar-refractivity contribution < 1.29 is 0 Å². The molecule has 0 amide bonds. The Morgan fingerprint density at radius 1 is 0.594 bits per heavy atom. The minimum Gasteiger partial charge on any atom is -0.356 e. The molecule has 0 fully saturated rings. The van der Waals surface area contributed by atoms with Gasteiger partial charge < -0.3 is 20.6 Å². The summed E-state index contributed by atoms with van der Waals surface area (Å²) in [5.41, 5.74) is 4.29. The van der Waals surface area contributed by atoms with E-state index in [1.165, 1.54) is 12.8 Å². The first kappa shape index (κ1) is 22.6. The molecule has 0 aliphatic heterocycles. The van der Waals surface area contributed by atoms with Gasteiger partial charge in [0.15, 0.2) is 0 Å². The number of imidazole rings is 2. The topological polar surface area (TPSA) is 81.4 Å². The van der Waals surface area contributed by atoms with Crippen molar-refractivity contribution in [3.8, 4) is 22.5 Å². The highest BCUT2D eigenvalue weighted by Crippen LogP contribution is 2.22. The normalized spacial score (nSPS) is 10.9. The molecule has 0 radical (unpaired) electrons. The molecular weight excluding hydrogens is 532 g/mol. The van der Waals surface area contributed by atoms with E-state index in [0.29, 0.717) is 0 Å². The van der Waals surface area contributed by atoms with Gasteiger partial charge in [0.25, 0.3) is 0 Å². The molecule has 0 bridgehead atoms. The number of aromatic amines is 2. The number of nitrogens with zero attached hydrogens (tertiary/aromatic N) is 2. The number of rotatable bonds is 11. The Morgan fingerprint density at radius 2 is 1.00 bits per heavy atom.